The van der Waals surface area contributed by atoms with Crippen molar-refractivity contribution in [3.8, 4) is 0 Å². The van der Waals surface area contributed by atoms with Gasteiger partial charge in [0.2, 0.25) is 0 Å². The number of benzene rings is 1. The average Bonchev–Trinajstić information content (AvgIpc) is 2.32. The third kappa shape index (κ3) is 2.26. The average molecular weight is 251 g/mol. The first-order valence-electron chi connectivity index (χ1n) is 5.77. The van der Waals surface area contributed by atoms with E-state index in [2.05, 4.69) is 10.4 Å². The minimum atomic E-state index is -0.936. The van der Waals surface area contributed by atoms with Crippen LogP contribution in [0.25, 0.3) is 10.9 Å². The van der Waals surface area contributed by atoms with Gasteiger partial charge in [-0.15, -0.1) is 0 Å². The van der Waals surface area contributed by atoms with E-state index in [1.807, 2.05) is 13.8 Å². The van der Waals surface area contributed by atoms with Crippen molar-refractivity contribution in [3.63, 3.8) is 0 Å². The minimum absolute atomic E-state index is 0.0149. The molecule has 1 aromatic carbocycles. The first kappa shape index (κ1) is 12.7. The van der Waals surface area contributed by atoms with Crippen molar-refractivity contribution in [2.75, 3.05) is 5.43 Å². The molecule has 2 rings (SSSR count). The number of hydrogen-bond acceptors (Lipinski definition) is 3. The van der Waals surface area contributed by atoms with Gasteiger partial charge in [0.1, 0.15) is 5.52 Å². The Morgan fingerprint density at radius 3 is 2.67 bits per heavy atom. The molecule has 0 aliphatic heterocycles. The highest BCUT2D eigenvalue weighted by atomic mass is 19.2. The molecule has 0 saturated carbocycles. The summed E-state index contributed by atoms with van der Waals surface area (Å²) in [6.45, 7) is 4.06. The molecule has 0 spiro atoms. The maximum absolute atomic E-state index is 13.7. The summed E-state index contributed by atoms with van der Waals surface area (Å²) in [4.78, 5) is 4.17. The van der Waals surface area contributed by atoms with Crippen LogP contribution >= 0.6 is 0 Å². The zero-order valence-corrected chi connectivity index (χ0v) is 10.3. The number of rotatable bonds is 3. The Kier molecular flexibility index (Phi) is 3.43. The molecule has 0 radical (unpaired) electrons. The molecule has 1 aromatic heterocycles. The highest BCUT2D eigenvalue weighted by Crippen LogP contribution is 2.26. The van der Waals surface area contributed by atoms with E-state index < -0.39 is 11.6 Å². The van der Waals surface area contributed by atoms with Crippen LogP contribution in [-0.4, -0.2) is 4.98 Å². The SMILES string of the molecule is CC(C)Cc1cc(NN)c2ccc(F)c(F)c2n1. The number of anilines is 1. The Balaban J connectivity index is 2.68. The lowest BCUT2D eigenvalue weighted by Gasteiger charge is -2.11. The third-order valence-corrected chi connectivity index (χ3v) is 2.70. The van der Waals surface area contributed by atoms with Crippen molar-refractivity contribution in [1.29, 1.82) is 0 Å². The number of hydrazine groups is 1. The lowest BCUT2D eigenvalue weighted by Crippen LogP contribution is -2.10. The number of nitrogens with two attached hydrogens (primary N) is 1. The molecular formula is C13H15F2N3. The maximum Gasteiger partial charge on any atom is 0.185 e. The second kappa shape index (κ2) is 4.86. The van der Waals surface area contributed by atoms with Crippen molar-refractivity contribution in [2.45, 2.75) is 20.3 Å². The topological polar surface area (TPSA) is 50.9 Å². The van der Waals surface area contributed by atoms with E-state index in [4.69, 9.17) is 5.84 Å². The normalized spacial score (nSPS) is 11.2. The van der Waals surface area contributed by atoms with E-state index >= 15 is 0 Å². The molecule has 5 heteroatoms. The monoisotopic (exact) mass is 251 g/mol. The number of pyridine rings is 1. The smallest absolute Gasteiger partial charge is 0.185 e. The van der Waals surface area contributed by atoms with Crippen molar-refractivity contribution in [2.24, 2.45) is 11.8 Å². The predicted octanol–water partition coefficient (Wildman–Crippen LogP) is 3.00. The Morgan fingerprint density at radius 2 is 2.06 bits per heavy atom. The number of nitrogens with zero attached hydrogens (tertiary/aromatic N) is 1. The molecule has 1 heterocycles. The fraction of sp³-hybridized carbons (Fsp3) is 0.308. The van der Waals surface area contributed by atoms with Crippen LogP contribution in [0.3, 0.4) is 0 Å². The molecule has 3 N–H and O–H groups in total. The van der Waals surface area contributed by atoms with E-state index in [1.54, 1.807) is 6.07 Å². The molecule has 0 aliphatic carbocycles. The van der Waals surface area contributed by atoms with Gasteiger partial charge in [0.15, 0.2) is 11.6 Å². The van der Waals surface area contributed by atoms with Crippen LogP contribution < -0.4 is 11.3 Å². The third-order valence-electron chi connectivity index (χ3n) is 2.70. The summed E-state index contributed by atoms with van der Waals surface area (Å²) in [5, 5.41) is 0.476. The maximum atomic E-state index is 13.7. The molecule has 0 amide bonds. The molecule has 0 atom stereocenters. The van der Waals surface area contributed by atoms with Crippen molar-refractivity contribution >= 4 is 16.6 Å². The first-order chi connectivity index (χ1) is 8.52. The van der Waals surface area contributed by atoms with Crippen LogP contribution in [0.2, 0.25) is 0 Å². The van der Waals surface area contributed by atoms with E-state index in [1.165, 1.54) is 6.07 Å². The van der Waals surface area contributed by atoms with E-state index in [-0.39, 0.29) is 5.52 Å². The van der Waals surface area contributed by atoms with E-state index in [0.717, 1.165) is 6.07 Å². The van der Waals surface area contributed by atoms with Gasteiger partial charge in [-0.2, -0.15) is 0 Å². The Labute approximate surface area is 104 Å². The predicted molar refractivity (Wildman–Crippen MR) is 68.0 cm³/mol. The van der Waals surface area contributed by atoms with E-state index in [9.17, 15) is 8.78 Å². The summed E-state index contributed by atoms with van der Waals surface area (Å²) in [5.41, 5.74) is 3.76. The quantitative estimate of drug-likeness (QED) is 0.651. The van der Waals surface area contributed by atoms with Crippen LogP contribution in [0.1, 0.15) is 19.5 Å². The summed E-state index contributed by atoms with van der Waals surface area (Å²) in [7, 11) is 0. The fourth-order valence-corrected chi connectivity index (χ4v) is 1.93. The Bertz CT molecular complexity index is 582. The molecule has 2 aromatic rings. The molecule has 0 bridgehead atoms. The van der Waals surface area contributed by atoms with Gasteiger partial charge < -0.3 is 5.43 Å². The van der Waals surface area contributed by atoms with Gasteiger partial charge in [-0.05, 0) is 30.5 Å². The Hall–Kier alpha value is -1.75. The molecule has 18 heavy (non-hydrogen) atoms. The standard InChI is InChI=1S/C13H15F2N3/c1-7(2)5-8-6-11(18-16)9-3-4-10(14)12(15)13(9)17-8/h3-4,6-7H,5,16H2,1-2H3,(H,17,18). The second-order valence-electron chi connectivity index (χ2n) is 4.66. The molecular weight excluding hydrogens is 236 g/mol. The highest BCUT2D eigenvalue weighted by Gasteiger charge is 2.13. The molecule has 3 nitrogen and oxygen atoms in total. The summed E-state index contributed by atoms with van der Waals surface area (Å²) >= 11 is 0. The van der Waals surface area contributed by atoms with Gasteiger partial charge in [0.05, 0.1) is 5.69 Å². The molecule has 0 unspecified atom stereocenters. The number of aromatic nitrogens is 1. The number of nitrogen functional groups attached to an aromatic ring is 1. The van der Waals surface area contributed by atoms with Gasteiger partial charge >= 0.3 is 0 Å². The highest BCUT2D eigenvalue weighted by molar-refractivity contribution is 5.91. The summed E-state index contributed by atoms with van der Waals surface area (Å²) in [5.74, 6) is 3.94. The Morgan fingerprint density at radius 1 is 1.33 bits per heavy atom. The van der Waals surface area contributed by atoms with Gasteiger partial charge in [0.25, 0.3) is 0 Å². The second-order valence-corrected chi connectivity index (χ2v) is 4.66. The van der Waals surface area contributed by atoms with Gasteiger partial charge in [0, 0.05) is 11.1 Å². The van der Waals surface area contributed by atoms with Gasteiger partial charge in [-0.25, -0.2) is 13.8 Å². The molecule has 0 aliphatic rings. The minimum Gasteiger partial charge on any atom is -0.323 e. The lowest BCUT2D eigenvalue weighted by molar-refractivity contribution is 0.515. The van der Waals surface area contributed by atoms with Crippen LogP contribution in [0.5, 0.6) is 0 Å². The first-order valence-corrected chi connectivity index (χ1v) is 5.77. The molecule has 0 fully saturated rings. The number of halogens is 2. The van der Waals surface area contributed by atoms with Gasteiger partial charge in [-0.3, -0.25) is 5.84 Å². The van der Waals surface area contributed by atoms with Crippen LogP contribution in [0.4, 0.5) is 14.5 Å². The van der Waals surface area contributed by atoms with Crippen molar-refractivity contribution < 1.29 is 8.78 Å². The number of nitrogens with one attached hydrogen (secondary N) is 1. The van der Waals surface area contributed by atoms with E-state index in [0.29, 0.717) is 29.1 Å². The fourth-order valence-electron chi connectivity index (χ4n) is 1.93. The largest absolute Gasteiger partial charge is 0.323 e. The zero-order valence-electron chi connectivity index (χ0n) is 10.3. The molecule has 96 valence electrons. The molecule has 0 saturated heterocycles. The van der Waals surface area contributed by atoms with Gasteiger partial charge in [-0.1, -0.05) is 13.8 Å². The summed E-state index contributed by atoms with van der Waals surface area (Å²) in [6, 6.07) is 4.30. The van der Waals surface area contributed by atoms with Crippen LogP contribution in [0.15, 0.2) is 18.2 Å². The van der Waals surface area contributed by atoms with Crippen LogP contribution in [0, 0.1) is 17.6 Å². The van der Waals surface area contributed by atoms with Crippen molar-refractivity contribution in [3.05, 3.63) is 35.5 Å². The summed E-state index contributed by atoms with van der Waals surface area (Å²) < 4.78 is 26.9. The number of fused-ring (bicyclic) bond motifs is 1. The van der Waals surface area contributed by atoms with Crippen molar-refractivity contribution in [1.82, 2.24) is 4.98 Å². The van der Waals surface area contributed by atoms with Crippen LogP contribution in [-0.2, 0) is 6.42 Å². The summed E-state index contributed by atoms with van der Waals surface area (Å²) in [6.07, 6.45) is 0.681. The number of hydrogen-bond donors (Lipinski definition) is 2. The lowest BCUT2D eigenvalue weighted by atomic mass is 10.1. The zero-order chi connectivity index (χ0) is 13.3.